The average Bonchev–Trinajstić information content (AvgIpc) is 1.79. The van der Waals surface area contributed by atoms with Crippen LogP contribution in [0.5, 0.6) is 0 Å². The van der Waals surface area contributed by atoms with Gasteiger partial charge < -0.3 is 10.2 Å². The SMILES string of the molecule is O=C(O)CCCCC(=O)O.[Ca]. The Morgan fingerprint density at radius 1 is 0.909 bits per heavy atom. The van der Waals surface area contributed by atoms with E-state index < -0.39 is 11.9 Å². The second-order valence-corrected chi connectivity index (χ2v) is 1.99. The number of carbonyl (C=O) groups is 2. The monoisotopic (exact) mass is 186 g/mol. The number of carboxylic acid groups (broad SMARTS) is 2. The number of rotatable bonds is 5. The van der Waals surface area contributed by atoms with E-state index in [1.54, 1.807) is 0 Å². The van der Waals surface area contributed by atoms with Gasteiger partial charge in [0.25, 0.3) is 0 Å². The van der Waals surface area contributed by atoms with Crippen LogP contribution in [0.1, 0.15) is 25.7 Å². The zero-order chi connectivity index (χ0) is 7.98. The number of unbranched alkanes of at least 4 members (excludes halogenated alkanes) is 1. The minimum Gasteiger partial charge on any atom is -0.481 e. The van der Waals surface area contributed by atoms with Gasteiger partial charge in [0.05, 0.1) is 0 Å². The van der Waals surface area contributed by atoms with Crippen molar-refractivity contribution in [2.75, 3.05) is 0 Å². The zero-order valence-electron chi connectivity index (χ0n) is 6.25. The summed E-state index contributed by atoms with van der Waals surface area (Å²) in [5, 5.41) is 16.3. The second-order valence-electron chi connectivity index (χ2n) is 1.99. The molecule has 0 bridgehead atoms. The molecule has 4 nitrogen and oxygen atoms in total. The summed E-state index contributed by atoms with van der Waals surface area (Å²) in [6, 6.07) is 0. The molecule has 60 valence electrons. The van der Waals surface area contributed by atoms with Crippen molar-refractivity contribution in [2.24, 2.45) is 0 Å². The zero-order valence-corrected chi connectivity index (χ0v) is 8.45. The van der Waals surface area contributed by atoms with Gasteiger partial charge >= 0.3 is 11.9 Å². The Balaban J connectivity index is 0. The number of carboxylic acids is 2. The van der Waals surface area contributed by atoms with Crippen LogP contribution in [0.3, 0.4) is 0 Å². The minimum atomic E-state index is -0.870. The van der Waals surface area contributed by atoms with Crippen LogP contribution in [0.2, 0.25) is 0 Å². The predicted molar refractivity (Wildman–Crippen MR) is 39.5 cm³/mol. The van der Waals surface area contributed by atoms with Crippen LogP contribution in [0.25, 0.3) is 0 Å². The molecule has 0 fully saturated rings. The molecule has 0 aromatic rings. The molecule has 0 aromatic carbocycles. The molecule has 0 saturated heterocycles. The summed E-state index contributed by atoms with van der Waals surface area (Å²) in [7, 11) is 0. The first kappa shape index (κ1) is 13.8. The molecule has 0 heterocycles. The molecule has 0 aliphatic heterocycles. The van der Waals surface area contributed by atoms with Gasteiger partial charge in [0.2, 0.25) is 0 Å². The molecule has 0 spiro atoms. The van der Waals surface area contributed by atoms with Crippen LogP contribution < -0.4 is 0 Å². The Labute approximate surface area is 94.6 Å². The molecular weight excluding hydrogens is 176 g/mol. The van der Waals surface area contributed by atoms with Crippen LogP contribution in [-0.2, 0) is 9.59 Å². The van der Waals surface area contributed by atoms with Crippen molar-refractivity contribution in [3.63, 3.8) is 0 Å². The van der Waals surface area contributed by atoms with E-state index in [1.807, 2.05) is 0 Å². The van der Waals surface area contributed by atoms with Gasteiger partial charge in [-0.25, -0.2) is 0 Å². The van der Waals surface area contributed by atoms with Gasteiger partial charge in [0, 0.05) is 50.6 Å². The van der Waals surface area contributed by atoms with Gasteiger partial charge in [0.1, 0.15) is 0 Å². The summed E-state index contributed by atoms with van der Waals surface area (Å²) in [5.41, 5.74) is 0. The molecule has 2 radical (unpaired) electrons. The van der Waals surface area contributed by atoms with Crippen molar-refractivity contribution >= 4 is 49.7 Å². The number of aliphatic carboxylic acids is 2. The van der Waals surface area contributed by atoms with Gasteiger partial charge in [-0.3, -0.25) is 9.59 Å². The van der Waals surface area contributed by atoms with Crippen LogP contribution in [0, 0.1) is 0 Å². The van der Waals surface area contributed by atoms with E-state index in [9.17, 15) is 9.59 Å². The molecule has 0 rings (SSSR count). The maximum absolute atomic E-state index is 9.90. The first-order valence-corrected chi connectivity index (χ1v) is 3.06. The molecule has 0 atom stereocenters. The third-order valence-electron chi connectivity index (χ3n) is 1.03. The van der Waals surface area contributed by atoms with Gasteiger partial charge in [-0.1, -0.05) is 0 Å². The van der Waals surface area contributed by atoms with Gasteiger partial charge in [-0.05, 0) is 12.8 Å². The molecule has 0 aliphatic carbocycles. The minimum absolute atomic E-state index is 0. The summed E-state index contributed by atoms with van der Waals surface area (Å²) >= 11 is 0. The molecule has 5 heteroatoms. The molecule has 0 unspecified atom stereocenters. The summed E-state index contributed by atoms with van der Waals surface area (Å²) < 4.78 is 0. The van der Waals surface area contributed by atoms with E-state index in [-0.39, 0.29) is 50.6 Å². The Hall–Kier alpha value is 0.200. The van der Waals surface area contributed by atoms with Crippen molar-refractivity contribution < 1.29 is 19.8 Å². The molecule has 11 heavy (non-hydrogen) atoms. The predicted octanol–water partition coefficient (Wildman–Crippen LogP) is 0.335. The van der Waals surface area contributed by atoms with E-state index in [0.717, 1.165) is 0 Å². The Kier molecular flexibility index (Phi) is 10.4. The maximum atomic E-state index is 9.90. The Morgan fingerprint density at radius 3 is 1.36 bits per heavy atom. The third-order valence-corrected chi connectivity index (χ3v) is 1.03. The normalized spacial score (nSPS) is 8.36. The van der Waals surface area contributed by atoms with Crippen LogP contribution in [0.4, 0.5) is 0 Å². The Morgan fingerprint density at radius 2 is 1.18 bits per heavy atom. The van der Waals surface area contributed by atoms with Gasteiger partial charge in [-0.15, -0.1) is 0 Å². The average molecular weight is 186 g/mol. The molecule has 0 saturated carbocycles. The van der Waals surface area contributed by atoms with Gasteiger partial charge in [0.15, 0.2) is 0 Å². The van der Waals surface area contributed by atoms with E-state index in [4.69, 9.17) is 10.2 Å². The fraction of sp³-hybridized carbons (Fsp3) is 0.667. The first-order valence-electron chi connectivity index (χ1n) is 3.06. The summed E-state index contributed by atoms with van der Waals surface area (Å²) in [4.78, 5) is 19.8. The van der Waals surface area contributed by atoms with Crippen molar-refractivity contribution in [2.45, 2.75) is 25.7 Å². The smallest absolute Gasteiger partial charge is 0.303 e. The number of hydrogen-bond donors (Lipinski definition) is 2. The quantitative estimate of drug-likeness (QED) is 0.479. The van der Waals surface area contributed by atoms with Gasteiger partial charge in [-0.2, -0.15) is 0 Å². The fourth-order valence-electron chi connectivity index (χ4n) is 0.552. The molecular formula is C6H10CaO4. The first-order chi connectivity index (χ1) is 4.63. The standard InChI is InChI=1S/C6H10O4.Ca/c7-5(8)3-1-2-4-6(9)10;/h1-4H2,(H,7,8)(H,9,10);. The molecule has 0 aliphatic rings. The van der Waals surface area contributed by atoms with E-state index in [2.05, 4.69) is 0 Å². The van der Waals surface area contributed by atoms with Crippen LogP contribution in [0.15, 0.2) is 0 Å². The van der Waals surface area contributed by atoms with Crippen molar-refractivity contribution in [1.29, 1.82) is 0 Å². The van der Waals surface area contributed by atoms with E-state index in [0.29, 0.717) is 12.8 Å². The summed E-state index contributed by atoms with van der Waals surface area (Å²) in [6.45, 7) is 0. The second kappa shape index (κ2) is 8.30. The summed E-state index contributed by atoms with van der Waals surface area (Å²) in [5.74, 6) is -1.74. The van der Waals surface area contributed by atoms with Crippen molar-refractivity contribution in [3.05, 3.63) is 0 Å². The van der Waals surface area contributed by atoms with Crippen molar-refractivity contribution in [1.82, 2.24) is 0 Å². The number of hydrogen-bond acceptors (Lipinski definition) is 2. The molecule has 2 N–H and O–H groups in total. The van der Waals surface area contributed by atoms with Crippen molar-refractivity contribution in [3.8, 4) is 0 Å². The van der Waals surface area contributed by atoms with Crippen LogP contribution in [-0.4, -0.2) is 59.9 Å². The Bertz CT molecular complexity index is 119. The summed E-state index contributed by atoms with van der Waals surface area (Å²) in [6.07, 6.45) is 1.02. The molecule has 0 aromatic heterocycles. The van der Waals surface area contributed by atoms with Crippen LogP contribution >= 0.6 is 0 Å². The van der Waals surface area contributed by atoms with E-state index in [1.165, 1.54) is 0 Å². The molecule has 0 amide bonds. The largest absolute Gasteiger partial charge is 0.481 e. The van der Waals surface area contributed by atoms with E-state index >= 15 is 0 Å². The maximum Gasteiger partial charge on any atom is 0.303 e. The fourth-order valence-corrected chi connectivity index (χ4v) is 0.552. The topological polar surface area (TPSA) is 74.6 Å². The third kappa shape index (κ3) is 13.2.